The first-order valence-corrected chi connectivity index (χ1v) is 5.69. The van der Waals surface area contributed by atoms with E-state index in [9.17, 15) is 5.11 Å². The minimum Gasteiger partial charge on any atom is -0.497 e. The van der Waals surface area contributed by atoms with Gasteiger partial charge in [0.05, 0.1) is 7.11 Å². The monoisotopic (exact) mass is 226 g/mol. The molecule has 0 aliphatic heterocycles. The van der Waals surface area contributed by atoms with Crippen molar-refractivity contribution in [3.63, 3.8) is 0 Å². The van der Waals surface area contributed by atoms with Gasteiger partial charge in [-0.1, -0.05) is 36.4 Å². The highest BCUT2D eigenvalue weighted by Gasteiger charge is 2.41. The third kappa shape index (κ3) is 1.45. The maximum absolute atomic E-state index is 10.7. The standard InChI is InChI=1S/C15H14O2/c1-17-13-8-6-12(7-9-13)15(16)10-11-4-2-3-5-14(11)15/h2-9,16H,10H2,1H3. The van der Waals surface area contributed by atoms with Crippen molar-refractivity contribution >= 4 is 0 Å². The van der Waals surface area contributed by atoms with E-state index in [0.717, 1.165) is 16.9 Å². The number of hydrogen-bond acceptors (Lipinski definition) is 2. The quantitative estimate of drug-likeness (QED) is 0.852. The van der Waals surface area contributed by atoms with Crippen LogP contribution in [-0.2, 0) is 12.0 Å². The van der Waals surface area contributed by atoms with E-state index in [1.54, 1.807) is 7.11 Å². The van der Waals surface area contributed by atoms with Crippen molar-refractivity contribution in [3.8, 4) is 5.75 Å². The Morgan fingerprint density at radius 1 is 1.06 bits per heavy atom. The average Bonchev–Trinajstić information content (AvgIpc) is 2.37. The highest BCUT2D eigenvalue weighted by atomic mass is 16.5. The Labute approximate surface area is 100 Å². The second kappa shape index (κ2) is 3.60. The molecule has 1 aliphatic rings. The highest BCUT2D eigenvalue weighted by molar-refractivity contribution is 5.51. The lowest BCUT2D eigenvalue weighted by atomic mass is 9.69. The number of hydrogen-bond donors (Lipinski definition) is 1. The molecule has 0 heterocycles. The van der Waals surface area contributed by atoms with Crippen LogP contribution in [0.2, 0.25) is 0 Å². The van der Waals surface area contributed by atoms with Crippen LogP contribution in [0.3, 0.4) is 0 Å². The van der Waals surface area contributed by atoms with E-state index in [1.165, 1.54) is 5.56 Å². The number of fused-ring (bicyclic) bond motifs is 1. The number of rotatable bonds is 2. The predicted octanol–water partition coefficient (Wildman–Crippen LogP) is 2.49. The Kier molecular flexibility index (Phi) is 2.20. The van der Waals surface area contributed by atoms with E-state index < -0.39 is 5.60 Å². The second-order valence-electron chi connectivity index (χ2n) is 4.42. The van der Waals surface area contributed by atoms with Crippen molar-refractivity contribution in [2.24, 2.45) is 0 Å². The molecule has 0 spiro atoms. The van der Waals surface area contributed by atoms with Crippen molar-refractivity contribution in [1.29, 1.82) is 0 Å². The van der Waals surface area contributed by atoms with Gasteiger partial charge in [0, 0.05) is 6.42 Å². The summed E-state index contributed by atoms with van der Waals surface area (Å²) in [5.74, 6) is 0.810. The van der Waals surface area contributed by atoms with Crippen molar-refractivity contribution in [2.75, 3.05) is 7.11 Å². The Morgan fingerprint density at radius 2 is 1.76 bits per heavy atom. The molecule has 1 N–H and O–H groups in total. The summed E-state index contributed by atoms with van der Waals surface area (Å²) in [6.07, 6.45) is 0.690. The zero-order chi connectivity index (χ0) is 11.9. The minimum absolute atomic E-state index is 0.690. The van der Waals surface area contributed by atoms with Crippen LogP contribution in [0.5, 0.6) is 5.75 Å². The Balaban J connectivity index is 2.00. The Morgan fingerprint density at radius 3 is 2.41 bits per heavy atom. The smallest absolute Gasteiger partial charge is 0.119 e. The van der Waals surface area contributed by atoms with Gasteiger partial charge in [0.2, 0.25) is 0 Å². The molecule has 1 atom stereocenters. The summed E-state index contributed by atoms with van der Waals surface area (Å²) in [6.45, 7) is 0. The largest absolute Gasteiger partial charge is 0.497 e. The molecule has 1 unspecified atom stereocenters. The van der Waals surface area contributed by atoms with Crippen LogP contribution in [0.15, 0.2) is 48.5 Å². The Hall–Kier alpha value is -1.80. The van der Waals surface area contributed by atoms with Crippen LogP contribution < -0.4 is 4.74 Å². The maximum Gasteiger partial charge on any atom is 0.119 e. The SMILES string of the molecule is COc1ccc(C2(O)Cc3ccccc32)cc1. The van der Waals surface area contributed by atoms with Gasteiger partial charge in [-0.2, -0.15) is 0 Å². The lowest BCUT2D eigenvalue weighted by Crippen LogP contribution is -2.39. The van der Waals surface area contributed by atoms with Gasteiger partial charge in [-0.15, -0.1) is 0 Å². The molecule has 3 rings (SSSR count). The van der Waals surface area contributed by atoms with Crippen molar-refractivity contribution in [2.45, 2.75) is 12.0 Å². The van der Waals surface area contributed by atoms with Gasteiger partial charge < -0.3 is 9.84 Å². The average molecular weight is 226 g/mol. The summed E-state index contributed by atoms with van der Waals surface area (Å²) >= 11 is 0. The van der Waals surface area contributed by atoms with Crippen LogP contribution in [0.25, 0.3) is 0 Å². The van der Waals surface area contributed by atoms with E-state index in [0.29, 0.717) is 6.42 Å². The van der Waals surface area contributed by atoms with Gasteiger partial charge in [-0.05, 0) is 28.8 Å². The molecule has 17 heavy (non-hydrogen) atoms. The van der Waals surface area contributed by atoms with Crippen LogP contribution in [0.1, 0.15) is 16.7 Å². The van der Waals surface area contributed by atoms with Gasteiger partial charge in [0.1, 0.15) is 11.4 Å². The molecule has 0 amide bonds. The Bertz CT molecular complexity index is 545. The summed E-state index contributed by atoms with van der Waals surface area (Å²) in [4.78, 5) is 0. The van der Waals surface area contributed by atoms with Crippen molar-refractivity contribution in [3.05, 3.63) is 65.2 Å². The summed E-state index contributed by atoms with van der Waals surface area (Å²) in [6, 6.07) is 15.6. The molecule has 2 aromatic rings. The second-order valence-corrected chi connectivity index (χ2v) is 4.42. The molecule has 2 heteroatoms. The van der Waals surface area contributed by atoms with E-state index in [-0.39, 0.29) is 0 Å². The first kappa shape index (κ1) is 10.4. The molecular weight excluding hydrogens is 212 g/mol. The van der Waals surface area contributed by atoms with E-state index in [1.807, 2.05) is 42.5 Å². The molecule has 1 aliphatic carbocycles. The molecule has 0 bridgehead atoms. The topological polar surface area (TPSA) is 29.5 Å². The fraction of sp³-hybridized carbons (Fsp3) is 0.200. The van der Waals surface area contributed by atoms with Crippen LogP contribution >= 0.6 is 0 Å². The normalized spacial score (nSPS) is 21.5. The third-order valence-electron chi connectivity index (χ3n) is 3.48. The maximum atomic E-state index is 10.7. The fourth-order valence-corrected chi connectivity index (χ4v) is 2.47. The molecule has 0 saturated heterocycles. The zero-order valence-corrected chi connectivity index (χ0v) is 9.68. The lowest BCUT2D eigenvalue weighted by molar-refractivity contribution is 0.0562. The molecule has 0 saturated carbocycles. The first-order chi connectivity index (χ1) is 8.24. The van der Waals surface area contributed by atoms with Gasteiger partial charge in [0.25, 0.3) is 0 Å². The first-order valence-electron chi connectivity index (χ1n) is 5.69. The minimum atomic E-state index is -0.817. The fourth-order valence-electron chi connectivity index (χ4n) is 2.47. The van der Waals surface area contributed by atoms with Gasteiger partial charge >= 0.3 is 0 Å². The van der Waals surface area contributed by atoms with Gasteiger partial charge in [-0.3, -0.25) is 0 Å². The van der Waals surface area contributed by atoms with E-state index >= 15 is 0 Å². The number of ether oxygens (including phenoxy) is 1. The van der Waals surface area contributed by atoms with Gasteiger partial charge in [-0.25, -0.2) is 0 Å². The molecule has 86 valence electrons. The molecule has 0 fully saturated rings. The number of methoxy groups -OCH3 is 1. The summed E-state index contributed by atoms with van der Waals surface area (Å²) in [7, 11) is 1.64. The highest BCUT2D eigenvalue weighted by Crippen LogP contribution is 2.44. The van der Waals surface area contributed by atoms with Crippen molar-refractivity contribution < 1.29 is 9.84 Å². The predicted molar refractivity (Wildman–Crippen MR) is 66.1 cm³/mol. The molecule has 2 aromatic carbocycles. The molecule has 0 radical (unpaired) electrons. The number of aliphatic hydroxyl groups is 1. The third-order valence-corrected chi connectivity index (χ3v) is 3.48. The molecular formula is C15H14O2. The van der Waals surface area contributed by atoms with Gasteiger partial charge in [0.15, 0.2) is 0 Å². The van der Waals surface area contributed by atoms with Crippen LogP contribution in [0.4, 0.5) is 0 Å². The lowest BCUT2D eigenvalue weighted by Gasteiger charge is -2.40. The molecule has 2 nitrogen and oxygen atoms in total. The van der Waals surface area contributed by atoms with E-state index in [4.69, 9.17) is 4.74 Å². The van der Waals surface area contributed by atoms with Crippen molar-refractivity contribution in [1.82, 2.24) is 0 Å². The summed E-state index contributed by atoms with van der Waals surface area (Å²) < 4.78 is 5.12. The van der Waals surface area contributed by atoms with E-state index in [2.05, 4.69) is 6.07 Å². The van der Waals surface area contributed by atoms with Crippen LogP contribution in [0, 0.1) is 0 Å². The summed E-state index contributed by atoms with van der Waals surface area (Å²) in [5.41, 5.74) is 2.36. The van der Waals surface area contributed by atoms with Crippen LogP contribution in [-0.4, -0.2) is 12.2 Å². The molecule has 0 aromatic heterocycles. The number of benzene rings is 2. The summed E-state index contributed by atoms with van der Waals surface area (Å²) in [5, 5.41) is 10.7. The zero-order valence-electron chi connectivity index (χ0n) is 9.68.